The summed E-state index contributed by atoms with van der Waals surface area (Å²) in [5, 5.41) is 7.94. The molecular formula is C10H15N3OS. The van der Waals surface area contributed by atoms with E-state index in [-0.39, 0.29) is 0 Å². The second-order valence-electron chi connectivity index (χ2n) is 3.30. The standard InChI is InChI=1S/C10H15N3OS/c1-4-5-14-10-8(9(11)15)6(2)7(3)12-13-10/h4-5H2,1-3H3,(H2,11,15). The molecule has 0 saturated heterocycles. The van der Waals surface area contributed by atoms with Crippen LogP contribution in [0.3, 0.4) is 0 Å². The Balaban J connectivity index is 3.15. The lowest BCUT2D eigenvalue weighted by Gasteiger charge is -2.11. The largest absolute Gasteiger partial charge is 0.476 e. The van der Waals surface area contributed by atoms with Gasteiger partial charge in [0.2, 0.25) is 5.88 Å². The molecule has 0 aliphatic rings. The molecule has 0 spiro atoms. The van der Waals surface area contributed by atoms with Crippen LogP contribution in [0, 0.1) is 13.8 Å². The van der Waals surface area contributed by atoms with E-state index in [0.29, 0.717) is 23.0 Å². The van der Waals surface area contributed by atoms with Crippen molar-refractivity contribution in [3.63, 3.8) is 0 Å². The van der Waals surface area contributed by atoms with Crippen LogP contribution in [0.4, 0.5) is 0 Å². The Kier molecular flexibility index (Phi) is 3.96. The van der Waals surface area contributed by atoms with Gasteiger partial charge in [0, 0.05) is 0 Å². The molecule has 0 aliphatic carbocycles. The molecule has 0 amide bonds. The summed E-state index contributed by atoms with van der Waals surface area (Å²) in [4.78, 5) is 0.302. The molecule has 5 heteroatoms. The van der Waals surface area contributed by atoms with Crippen molar-refractivity contribution >= 4 is 17.2 Å². The number of aryl methyl sites for hydroxylation is 1. The van der Waals surface area contributed by atoms with Crippen molar-refractivity contribution in [2.45, 2.75) is 27.2 Å². The highest BCUT2D eigenvalue weighted by molar-refractivity contribution is 7.80. The molecule has 0 unspecified atom stereocenters. The van der Waals surface area contributed by atoms with Gasteiger partial charge in [0.25, 0.3) is 0 Å². The summed E-state index contributed by atoms with van der Waals surface area (Å²) < 4.78 is 5.44. The number of nitrogens with two attached hydrogens (primary N) is 1. The molecule has 1 aromatic heterocycles. The number of rotatable bonds is 4. The number of hydrogen-bond acceptors (Lipinski definition) is 4. The summed E-state index contributed by atoms with van der Waals surface area (Å²) in [7, 11) is 0. The zero-order valence-corrected chi connectivity index (χ0v) is 10.0. The minimum Gasteiger partial charge on any atom is -0.476 e. The van der Waals surface area contributed by atoms with Gasteiger partial charge in [-0.25, -0.2) is 0 Å². The molecule has 0 saturated carbocycles. The van der Waals surface area contributed by atoms with Crippen LogP contribution in [0.1, 0.15) is 30.2 Å². The summed E-state index contributed by atoms with van der Waals surface area (Å²) in [6, 6.07) is 0. The van der Waals surface area contributed by atoms with Gasteiger partial charge in [-0.05, 0) is 25.8 Å². The average Bonchev–Trinajstić information content (AvgIpc) is 2.19. The fraction of sp³-hybridized carbons (Fsp3) is 0.500. The van der Waals surface area contributed by atoms with Crippen LogP contribution in [0.15, 0.2) is 0 Å². The summed E-state index contributed by atoms with van der Waals surface area (Å²) in [6.07, 6.45) is 0.908. The van der Waals surface area contributed by atoms with Gasteiger partial charge in [-0.15, -0.1) is 5.10 Å². The maximum Gasteiger partial charge on any atom is 0.244 e. The van der Waals surface area contributed by atoms with Crippen molar-refractivity contribution in [2.24, 2.45) is 5.73 Å². The van der Waals surface area contributed by atoms with E-state index >= 15 is 0 Å². The van der Waals surface area contributed by atoms with Crippen LogP contribution >= 0.6 is 12.2 Å². The van der Waals surface area contributed by atoms with Gasteiger partial charge in [0.1, 0.15) is 4.99 Å². The van der Waals surface area contributed by atoms with E-state index < -0.39 is 0 Å². The van der Waals surface area contributed by atoms with Gasteiger partial charge >= 0.3 is 0 Å². The molecule has 0 fully saturated rings. The van der Waals surface area contributed by atoms with Gasteiger partial charge < -0.3 is 10.5 Å². The fourth-order valence-electron chi connectivity index (χ4n) is 1.18. The van der Waals surface area contributed by atoms with Crippen molar-refractivity contribution in [1.82, 2.24) is 10.2 Å². The highest BCUT2D eigenvalue weighted by Gasteiger charge is 2.14. The molecule has 0 radical (unpaired) electrons. The Labute approximate surface area is 94.8 Å². The van der Waals surface area contributed by atoms with Crippen molar-refractivity contribution in [1.29, 1.82) is 0 Å². The van der Waals surface area contributed by atoms with E-state index in [0.717, 1.165) is 17.7 Å². The van der Waals surface area contributed by atoms with Crippen molar-refractivity contribution < 1.29 is 4.74 Å². The van der Waals surface area contributed by atoms with Crippen molar-refractivity contribution in [3.8, 4) is 5.88 Å². The predicted octanol–water partition coefficient (Wildman–Crippen LogP) is 1.52. The Morgan fingerprint density at radius 3 is 2.60 bits per heavy atom. The monoisotopic (exact) mass is 225 g/mol. The molecule has 82 valence electrons. The lowest BCUT2D eigenvalue weighted by atomic mass is 10.1. The normalized spacial score (nSPS) is 10.1. The third-order valence-electron chi connectivity index (χ3n) is 2.11. The van der Waals surface area contributed by atoms with Crippen LogP contribution in [-0.2, 0) is 0 Å². The minimum absolute atomic E-state index is 0.302. The van der Waals surface area contributed by atoms with Crippen LogP contribution in [0.5, 0.6) is 5.88 Å². The molecule has 0 aromatic carbocycles. The maximum atomic E-state index is 5.64. The second-order valence-corrected chi connectivity index (χ2v) is 3.74. The summed E-state index contributed by atoms with van der Waals surface area (Å²) in [5.41, 5.74) is 8.09. The Hall–Kier alpha value is -1.23. The van der Waals surface area contributed by atoms with E-state index in [9.17, 15) is 0 Å². The second kappa shape index (κ2) is 5.02. The summed E-state index contributed by atoms with van der Waals surface area (Å²) in [6.45, 7) is 6.40. The molecule has 0 bridgehead atoms. The Bertz CT molecular complexity index is 379. The molecule has 4 nitrogen and oxygen atoms in total. The molecule has 0 aliphatic heterocycles. The van der Waals surface area contributed by atoms with Gasteiger partial charge in [-0.2, -0.15) is 5.10 Å². The number of hydrogen-bond donors (Lipinski definition) is 1. The smallest absolute Gasteiger partial charge is 0.244 e. The van der Waals surface area contributed by atoms with Crippen LogP contribution in [0.2, 0.25) is 0 Å². The van der Waals surface area contributed by atoms with Gasteiger partial charge in [-0.3, -0.25) is 0 Å². The van der Waals surface area contributed by atoms with Crippen molar-refractivity contribution in [2.75, 3.05) is 6.61 Å². The number of aromatic nitrogens is 2. The van der Waals surface area contributed by atoms with Gasteiger partial charge in [0.05, 0.1) is 17.9 Å². The quantitative estimate of drug-likeness (QED) is 0.787. The highest BCUT2D eigenvalue weighted by Crippen LogP contribution is 2.20. The zero-order chi connectivity index (χ0) is 11.4. The van der Waals surface area contributed by atoms with Crippen LogP contribution in [0.25, 0.3) is 0 Å². The van der Waals surface area contributed by atoms with E-state index in [4.69, 9.17) is 22.7 Å². The average molecular weight is 225 g/mol. The minimum atomic E-state index is 0.302. The topological polar surface area (TPSA) is 61.0 Å². The first-order valence-corrected chi connectivity index (χ1v) is 5.25. The Morgan fingerprint density at radius 1 is 1.40 bits per heavy atom. The van der Waals surface area contributed by atoms with E-state index in [2.05, 4.69) is 10.2 Å². The molecule has 1 heterocycles. The van der Waals surface area contributed by atoms with Crippen LogP contribution < -0.4 is 10.5 Å². The summed E-state index contributed by atoms with van der Waals surface area (Å²) in [5.74, 6) is 0.437. The highest BCUT2D eigenvalue weighted by atomic mass is 32.1. The molecule has 15 heavy (non-hydrogen) atoms. The number of nitrogens with zero attached hydrogens (tertiary/aromatic N) is 2. The van der Waals surface area contributed by atoms with Crippen LogP contribution in [-0.4, -0.2) is 21.8 Å². The maximum absolute atomic E-state index is 5.64. The zero-order valence-electron chi connectivity index (χ0n) is 9.20. The Morgan fingerprint density at radius 2 is 2.07 bits per heavy atom. The fourth-order valence-corrected chi connectivity index (χ4v) is 1.42. The first-order chi connectivity index (χ1) is 7.07. The predicted molar refractivity (Wildman–Crippen MR) is 63.2 cm³/mol. The molecular weight excluding hydrogens is 210 g/mol. The van der Waals surface area contributed by atoms with E-state index in [1.54, 1.807) is 0 Å². The van der Waals surface area contributed by atoms with E-state index in [1.807, 2.05) is 20.8 Å². The van der Waals surface area contributed by atoms with Gasteiger partial charge in [-0.1, -0.05) is 19.1 Å². The molecule has 1 aromatic rings. The van der Waals surface area contributed by atoms with Gasteiger partial charge in [0.15, 0.2) is 0 Å². The third-order valence-corrected chi connectivity index (χ3v) is 2.32. The van der Waals surface area contributed by atoms with E-state index in [1.165, 1.54) is 0 Å². The SMILES string of the molecule is CCCOc1nnc(C)c(C)c1C(N)=S. The first kappa shape index (κ1) is 11.8. The molecule has 2 N–H and O–H groups in total. The lowest BCUT2D eigenvalue weighted by Crippen LogP contribution is -2.16. The lowest BCUT2D eigenvalue weighted by molar-refractivity contribution is 0.300. The third kappa shape index (κ3) is 2.62. The van der Waals surface area contributed by atoms with Crippen molar-refractivity contribution in [3.05, 3.63) is 16.8 Å². The number of thiocarbonyl (C=S) groups is 1. The first-order valence-electron chi connectivity index (χ1n) is 4.84. The summed E-state index contributed by atoms with van der Waals surface area (Å²) >= 11 is 4.98. The molecule has 1 rings (SSSR count). The molecule has 0 atom stereocenters. The number of ether oxygens (including phenoxy) is 1.